The highest BCUT2D eigenvalue weighted by Crippen LogP contribution is 2.70. The second kappa shape index (κ2) is 4.46. The van der Waals surface area contributed by atoms with Gasteiger partial charge in [0.25, 0.3) is 0 Å². The highest BCUT2D eigenvalue weighted by atomic mass is 16.1. The van der Waals surface area contributed by atoms with Crippen LogP contribution in [0.25, 0.3) is 0 Å². The van der Waals surface area contributed by atoms with Gasteiger partial charge in [0.2, 0.25) is 0 Å². The third kappa shape index (κ3) is 2.23. The minimum atomic E-state index is 0.0269. The van der Waals surface area contributed by atoms with Gasteiger partial charge >= 0.3 is 0 Å². The van der Waals surface area contributed by atoms with Gasteiger partial charge in [-0.15, -0.1) is 0 Å². The molecule has 0 aromatic heterocycles. The normalized spacial score (nSPS) is 48.9. The van der Waals surface area contributed by atoms with Crippen molar-refractivity contribution in [2.24, 2.45) is 22.2 Å². The van der Waals surface area contributed by atoms with Gasteiger partial charge in [-0.05, 0) is 86.5 Å². The van der Waals surface area contributed by atoms with Crippen molar-refractivity contribution >= 4 is 5.78 Å². The van der Waals surface area contributed by atoms with E-state index in [-0.39, 0.29) is 5.41 Å². The summed E-state index contributed by atoms with van der Waals surface area (Å²) in [5, 5.41) is 0. The molecule has 2 unspecified atom stereocenters. The molecule has 5 aliphatic rings. The van der Waals surface area contributed by atoms with Crippen LogP contribution in [0.2, 0.25) is 0 Å². The van der Waals surface area contributed by atoms with Crippen molar-refractivity contribution < 1.29 is 4.79 Å². The summed E-state index contributed by atoms with van der Waals surface area (Å²) in [7, 11) is 0. The molecule has 4 bridgehead atoms. The lowest BCUT2D eigenvalue weighted by Gasteiger charge is -2.65. The van der Waals surface area contributed by atoms with Gasteiger partial charge in [-0.25, -0.2) is 0 Å². The van der Waals surface area contributed by atoms with Gasteiger partial charge in [-0.2, -0.15) is 0 Å². The van der Waals surface area contributed by atoms with E-state index in [9.17, 15) is 4.79 Å². The second-order valence-electron chi connectivity index (χ2n) is 9.57. The van der Waals surface area contributed by atoms with Gasteiger partial charge in [-0.3, -0.25) is 4.79 Å². The van der Waals surface area contributed by atoms with E-state index >= 15 is 0 Å². The Labute approximate surface area is 129 Å². The number of Topliss-reactive ketones (excluding diaryl/α,β-unsaturated/α-hetero) is 1. The van der Waals surface area contributed by atoms with Crippen molar-refractivity contribution in [2.45, 2.75) is 84.5 Å². The average Bonchev–Trinajstić information content (AvgIpc) is 2.62. The summed E-state index contributed by atoms with van der Waals surface area (Å²) < 4.78 is 0. The Balaban J connectivity index is 1.67. The van der Waals surface area contributed by atoms with Gasteiger partial charge in [-0.1, -0.05) is 26.3 Å². The Bertz CT molecular complexity index is 482. The Kier molecular flexibility index (Phi) is 2.98. The first-order valence-corrected chi connectivity index (χ1v) is 9.16. The summed E-state index contributed by atoms with van der Waals surface area (Å²) in [6.07, 6.45) is 16.0. The number of rotatable bonds is 2. The minimum Gasteiger partial charge on any atom is -0.294 e. The topological polar surface area (TPSA) is 17.1 Å². The summed E-state index contributed by atoms with van der Waals surface area (Å²) in [5.41, 5.74) is 2.14. The van der Waals surface area contributed by atoms with Gasteiger partial charge in [0.05, 0.1) is 0 Å². The summed E-state index contributed by atoms with van der Waals surface area (Å²) in [5.74, 6) is 1.40. The first-order valence-electron chi connectivity index (χ1n) is 9.16. The third-order valence-electron chi connectivity index (χ3n) is 6.94. The molecule has 1 heteroatoms. The minimum absolute atomic E-state index is 0.0269. The van der Waals surface area contributed by atoms with E-state index in [1.165, 1.54) is 63.4 Å². The maximum Gasteiger partial charge on any atom is 0.164 e. The predicted molar refractivity (Wildman–Crippen MR) is 86.0 cm³/mol. The van der Waals surface area contributed by atoms with Crippen molar-refractivity contribution in [2.75, 3.05) is 0 Å². The fraction of sp³-hybridized carbons (Fsp3) is 0.850. The molecule has 4 saturated carbocycles. The van der Waals surface area contributed by atoms with Crippen molar-refractivity contribution in [3.05, 3.63) is 11.6 Å². The Morgan fingerprint density at radius 2 is 1.71 bits per heavy atom. The lowest BCUT2D eigenvalue weighted by Crippen LogP contribution is -2.57. The Hall–Kier alpha value is -0.590. The van der Waals surface area contributed by atoms with Crippen LogP contribution in [-0.4, -0.2) is 5.78 Å². The van der Waals surface area contributed by atoms with Crippen LogP contribution in [0.15, 0.2) is 11.6 Å². The van der Waals surface area contributed by atoms with E-state index in [0.29, 0.717) is 16.6 Å². The largest absolute Gasteiger partial charge is 0.294 e. The van der Waals surface area contributed by atoms with Crippen molar-refractivity contribution in [1.29, 1.82) is 0 Å². The molecule has 0 N–H and O–H groups in total. The van der Waals surface area contributed by atoms with Crippen molar-refractivity contribution in [3.8, 4) is 0 Å². The zero-order chi connectivity index (χ0) is 14.7. The molecule has 5 rings (SSSR count). The summed E-state index contributed by atoms with van der Waals surface area (Å²) in [4.78, 5) is 13.4. The SMILES string of the molecule is CC12CC3CC(C)(C1)CC(C(=O)C1=CCCCCC1)(C3)C2. The molecule has 0 heterocycles. The molecule has 0 radical (unpaired) electrons. The fourth-order valence-electron chi connectivity index (χ4n) is 7.26. The van der Waals surface area contributed by atoms with Crippen LogP contribution in [0.3, 0.4) is 0 Å². The lowest BCUT2D eigenvalue weighted by atomic mass is 9.39. The summed E-state index contributed by atoms with van der Waals surface area (Å²) in [6.45, 7) is 4.94. The van der Waals surface area contributed by atoms with Crippen LogP contribution >= 0.6 is 0 Å². The standard InChI is InChI=1S/C20H30O/c1-18-9-15-10-19(2,12-18)14-20(11-15,13-18)17(21)16-7-5-3-4-6-8-16/h7,15H,3-6,8-14H2,1-2H3. The zero-order valence-corrected chi connectivity index (χ0v) is 13.8. The van der Waals surface area contributed by atoms with E-state index < -0.39 is 0 Å². The predicted octanol–water partition coefficient (Wildman–Crippen LogP) is 5.44. The highest BCUT2D eigenvalue weighted by molar-refractivity contribution is 6.00. The Morgan fingerprint density at radius 3 is 2.38 bits per heavy atom. The molecule has 5 aliphatic carbocycles. The summed E-state index contributed by atoms with van der Waals surface area (Å²) >= 11 is 0. The number of ketones is 1. The third-order valence-corrected chi connectivity index (χ3v) is 6.94. The first kappa shape index (κ1) is 14.0. The number of hydrogen-bond acceptors (Lipinski definition) is 1. The molecule has 4 fully saturated rings. The quantitative estimate of drug-likeness (QED) is 0.660. The molecule has 21 heavy (non-hydrogen) atoms. The molecule has 0 aromatic carbocycles. The van der Waals surface area contributed by atoms with E-state index in [4.69, 9.17) is 0 Å². The zero-order valence-electron chi connectivity index (χ0n) is 13.8. The molecule has 0 aromatic rings. The van der Waals surface area contributed by atoms with Crippen LogP contribution in [-0.2, 0) is 4.79 Å². The monoisotopic (exact) mass is 286 g/mol. The average molecular weight is 286 g/mol. The molecule has 2 atom stereocenters. The van der Waals surface area contributed by atoms with Crippen LogP contribution in [0.1, 0.15) is 84.5 Å². The highest BCUT2D eigenvalue weighted by Gasteiger charge is 2.62. The smallest absolute Gasteiger partial charge is 0.164 e. The van der Waals surface area contributed by atoms with E-state index in [2.05, 4.69) is 19.9 Å². The van der Waals surface area contributed by atoms with Crippen molar-refractivity contribution in [3.63, 3.8) is 0 Å². The molecule has 0 saturated heterocycles. The van der Waals surface area contributed by atoms with Crippen LogP contribution in [0.4, 0.5) is 0 Å². The first-order chi connectivity index (χ1) is 9.92. The van der Waals surface area contributed by atoms with Gasteiger partial charge in [0.1, 0.15) is 0 Å². The summed E-state index contributed by atoms with van der Waals surface area (Å²) in [6, 6.07) is 0. The molecular weight excluding hydrogens is 256 g/mol. The Morgan fingerprint density at radius 1 is 1.00 bits per heavy atom. The van der Waals surface area contributed by atoms with Gasteiger partial charge < -0.3 is 0 Å². The molecule has 1 nitrogen and oxygen atoms in total. The van der Waals surface area contributed by atoms with Crippen LogP contribution in [0, 0.1) is 22.2 Å². The van der Waals surface area contributed by atoms with Crippen molar-refractivity contribution in [1.82, 2.24) is 0 Å². The molecule has 0 aliphatic heterocycles. The van der Waals surface area contributed by atoms with Crippen LogP contribution < -0.4 is 0 Å². The maximum atomic E-state index is 13.4. The number of hydrogen-bond donors (Lipinski definition) is 0. The van der Waals surface area contributed by atoms with Crippen LogP contribution in [0.5, 0.6) is 0 Å². The second-order valence-corrected chi connectivity index (χ2v) is 9.57. The molecule has 0 spiro atoms. The molecule has 116 valence electrons. The number of carbonyl (C=O) groups is 1. The molecular formula is C20H30O. The van der Waals surface area contributed by atoms with E-state index in [0.717, 1.165) is 18.8 Å². The van der Waals surface area contributed by atoms with E-state index in [1.54, 1.807) is 0 Å². The number of carbonyl (C=O) groups excluding carboxylic acids is 1. The fourth-order valence-corrected chi connectivity index (χ4v) is 7.26. The molecule has 0 amide bonds. The van der Waals surface area contributed by atoms with Gasteiger partial charge in [0.15, 0.2) is 5.78 Å². The van der Waals surface area contributed by atoms with E-state index in [1.807, 2.05) is 0 Å². The lowest BCUT2D eigenvalue weighted by molar-refractivity contribution is -0.164. The maximum absolute atomic E-state index is 13.4. The van der Waals surface area contributed by atoms with Gasteiger partial charge in [0, 0.05) is 5.41 Å². The number of allylic oxidation sites excluding steroid dienone is 2.